The molecule has 2 fully saturated rings. The summed E-state index contributed by atoms with van der Waals surface area (Å²) in [6.07, 6.45) is 3.13. The van der Waals surface area contributed by atoms with Gasteiger partial charge in [-0.25, -0.2) is 4.98 Å². The molecule has 2 saturated heterocycles. The molecule has 2 bridgehead atoms. The second-order valence-corrected chi connectivity index (χ2v) is 7.97. The van der Waals surface area contributed by atoms with Gasteiger partial charge in [-0.3, -0.25) is 4.21 Å². The van der Waals surface area contributed by atoms with E-state index < -0.39 is 16.4 Å². The molecule has 20 heavy (non-hydrogen) atoms. The van der Waals surface area contributed by atoms with Gasteiger partial charge in [0.2, 0.25) is 0 Å². The van der Waals surface area contributed by atoms with Crippen LogP contribution in [0.3, 0.4) is 0 Å². The quantitative estimate of drug-likeness (QED) is 0.876. The van der Waals surface area contributed by atoms with Crippen LogP contribution in [0.1, 0.15) is 31.4 Å². The number of pyridine rings is 1. The van der Waals surface area contributed by atoms with E-state index in [1.807, 2.05) is 36.4 Å². The second kappa shape index (κ2) is 4.37. The number of fused-ring (bicyclic) bond motifs is 3. The molecule has 3 heterocycles. The van der Waals surface area contributed by atoms with Crippen LogP contribution in [-0.4, -0.2) is 24.8 Å². The molecule has 0 aliphatic carbocycles. The molecule has 2 unspecified atom stereocenters. The number of benzene rings is 1. The summed E-state index contributed by atoms with van der Waals surface area (Å²) in [6.45, 7) is 0. The van der Waals surface area contributed by atoms with Crippen molar-refractivity contribution < 1.29 is 9.32 Å². The van der Waals surface area contributed by atoms with E-state index in [1.54, 1.807) is 0 Å². The highest BCUT2D eigenvalue weighted by atomic mass is 32.2. The van der Waals surface area contributed by atoms with E-state index in [0.717, 1.165) is 29.4 Å². The zero-order valence-electron chi connectivity index (χ0n) is 11.2. The van der Waals surface area contributed by atoms with Gasteiger partial charge in [0, 0.05) is 26.7 Å². The maximum atomic E-state index is 12.1. The van der Waals surface area contributed by atoms with Crippen molar-refractivity contribution in [2.24, 2.45) is 0 Å². The highest BCUT2D eigenvalue weighted by Gasteiger charge is 2.49. The van der Waals surface area contributed by atoms with Gasteiger partial charge in [0.05, 0.1) is 11.2 Å². The SMILES string of the molecule is O=S1C2CCC1CC(O)(c1ccc3ccccc3n1)C2. The first kappa shape index (κ1) is 12.5. The van der Waals surface area contributed by atoms with Gasteiger partial charge in [-0.2, -0.15) is 0 Å². The van der Waals surface area contributed by atoms with Gasteiger partial charge in [0.25, 0.3) is 0 Å². The minimum absolute atomic E-state index is 0.145. The molecule has 2 aliphatic rings. The van der Waals surface area contributed by atoms with Crippen LogP contribution in [0.2, 0.25) is 0 Å². The average molecular weight is 287 g/mol. The van der Waals surface area contributed by atoms with Gasteiger partial charge in [-0.15, -0.1) is 0 Å². The molecule has 0 spiro atoms. The Labute approximate surface area is 120 Å². The predicted molar refractivity (Wildman–Crippen MR) is 79.8 cm³/mol. The number of hydrogen-bond donors (Lipinski definition) is 1. The summed E-state index contributed by atoms with van der Waals surface area (Å²) < 4.78 is 12.1. The third kappa shape index (κ3) is 1.82. The van der Waals surface area contributed by atoms with Crippen molar-refractivity contribution in [2.45, 2.75) is 41.8 Å². The summed E-state index contributed by atoms with van der Waals surface area (Å²) in [4.78, 5) is 4.64. The van der Waals surface area contributed by atoms with Crippen LogP contribution < -0.4 is 0 Å². The van der Waals surface area contributed by atoms with Crippen LogP contribution in [0.5, 0.6) is 0 Å². The van der Waals surface area contributed by atoms with Crippen molar-refractivity contribution in [1.29, 1.82) is 0 Å². The number of nitrogens with zero attached hydrogens (tertiary/aromatic N) is 1. The summed E-state index contributed by atoms with van der Waals surface area (Å²) in [5, 5.41) is 12.4. The van der Waals surface area contributed by atoms with Crippen LogP contribution in [0.4, 0.5) is 0 Å². The van der Waals surface area contributed by atoms with Crippen molar-refractivity contribution in [3.05, 3.63) is 42.1 Å². The van der Waals surface area contributed by atoms with Gasteiger partial charge < -0.3 is 5.11 Å². The molecule has 1 aromatic carbocycles. The first-order valence-electron chi connectivity index (χ1n) is 7.14. The topological polar surface area (TPSA) is 50.2 Å². The normalized spacial score (nSPS) is 36.4. The van der Waals surface area contributed by atoms with E-state index in [-0.39, 0.29) is 10.5 Å². The highest BCUT2D eigenvalue weighted by molar-refractivity contribution is 7.86. The average Bonchev–Trinajstić information content (AvgIpc) is 2.70. The fourth-order valence-corrected chi connectivity index (χ4v) is 5.78. The molecule has 1 N–H and O–H groups in total. The molecule has 4 rings (SSSR count). The lowest BCUT2D eigenvalue weighted by molar-refractivity contribution is 0.0145. The van der Waals surface area contributed by atoms with Gasteiger partial charge in [0.1, 0.15) is 5.60 Å². The van der Waals surface area contributed by atoms with Crippen molar-refractivity contribution in [3.8, 4) is 0 Å². The maximum Gasteiger partial charge on any atom is 0.109 e. The summed E-state index contributed by atoms with van der Waals surface area (Å²) in [6, 6.07) is 11.9. The highest BCUT2D eigenvalue weighted by Crippen LogP contribution is 2.45. The number of para-hydroxylation sites is 1. The zero-order valence-corrected chi connectivity index (χ0v) is 12.0. The van der Waals surface area contributed by atoms with Gasteiger partial charge in [-0.1, -0.05) is 24.3 Å². The standard InChI is InChI=1S/C16H17NO2S/c18-16(9-12-6-7-13(10-16)20(12)19)15-8-5-11-3-1-2-4-14(11)17-15/h1-5,8,12-13,18H,6-7,9-10H2. The summed E-state index contributed by atoms with van der Waals surface area (Å²) in [5.41, 5.74) is 0.756. The summed E-state index contributed by atoms with van der Waals surface area (Å²) in [5.74, 6) is 0. The Bertz CT molecular complexity index is 684. The van der Waals surface area contributed by atoms with E-state index in [9.17, 15) is 9.32 Å². The number of hydrogen-bond acceptors (Lipinski definition) is 3. The third-order valence-electron chi connectivity index (χ3n) is 4.67. The molecule has 2 atom stereocenters. The second-order valence-electron chi connectivity index (χ2n) is 5.98. The number of aromatic nitrogens is 1. The Hall–Kier alpha value is -1.26. The Balaban J connectivity index is 1.76. The molecule has 0 radical (unpaired) electrons. The van der Waals surface area contributed by atoms with Gasteiger partial charge in [-0.05, 0) is 37.8 Å². The van der Waals surface area contributed by atoms with Crippen molar-refractivity contribution in [2.75, 3.05) is 0 Å². The van der Waals surface area contributed by atoms with Crippen molar-refractivity contribution in [1.82, 2.24) is 4.98 Å². The first-order chi connectivity index (χ1) is 9.66. The number of rotatable bonds is 1. The van der Waals surface area contributed by atoms with E-state index in [4.69, 9.17) is 0 Å². The minimum atomic E-state index is -0.899. The molecule has 2 aromatic rings. The van der Waals surface area contributed by atoms with Gasteiger partial charge >= 0.3 is 0 Å². The molecule has 0 saturated carbocycles. The van der Waals surface area contributed by atoms with Crippen LogP contribution in [0, 0.1) is 0 Å². The van der Waals surface area contributed by atoms with E-state index in [0.29, 0.717) is 12.8 Å². The molecule has 1 aromatic heterocycles. The molecule has 3 nitrogen and oxygen atoms in total. The smallest absolute Gasteiger partial charge is 0.109 e. The molecule has 0 amide bonds. The Morgan fingerprint density at radius 3 is 2.55 bits per heavy atom. The third-order valence-corrected chi connectivity index (χ3v) is 6.79. The molecular weight excluding hydrogens is 270 g/mol. The van der Waals surface area contributed by atoms with Crippen LogP contribution >= 0.6 is 0 Å². The van der Waals surface area contributed by atoms with Crippen molar-refractivity contribution in [3.63, 3.8) is 0 Å². The maximum absolute atomic E-state index is 12.1. The lowest BCUT2D eigenvalue weighted by Crippen LogP contribution is -2.40. The number of aliphatic hydroxyl groups is 1. The summed E-state index contributed by atoms with van der Waals surface area (Å²) in [7, 11) is -0.754. The minimum Gasteiger partial charge on any atom is -0.383 e. The largest absolute Gasteiger partial charge is 0.383 e. The van der Waals surface area contributed by atoms with Crippen LogP contribution in [0.15, 0.2) is 36.4 Å². The summed E-state index contributed by atoms with van der Waals surface area (Å²) >= 11 is 0. The van der Waals surface area contributed by atoms with Crippen LogP contribution in [-0.2, 0) is 16.4 Å². The van der Waals surface area contributed by atoms with Crippen LogP contribution in [0.25, 0.3) is 10.9 Å². The lowest BCUT2D eigenvalue weighted by Gasteiger charge is -2.35. The lowest BCUT2D eigenvalue weighted by atomic mass is 9.89. The predicted octanol–water partition coefficient (Wildman–Crippen LogP) is 2.50. The van der Waals surface area contributed by atoms with E-state index >= 15 is 0 Å². The Morgan fingerprint density at radius 2 is 1.80 bits per heavy atom. The van der Waals surface area contributed by atoms with Gasteiger partial charge in [0.15, 0.2) is 0 Å². The Kier molecular flexibility index (Phi) is 2.72. The fraction of sp³-hybridized carbons (Fsp3) is 0.438. The van der Waals surface area contributed by atoms with Crippen molar-refractivity contribution >= 4 is 21.7 Å². The molecule has 104 valence electrons. The molecule has 2 aliphatic heterocycles. The molecular formula is C16H17NO2S. The Morgan fingerprint density at radius 1 is 1.10 bits per heavy atom. The van der Waals surface area contributed by atoms with E-state index in [1.165, 1.54) is 0 Å². The van der Waals surface area contributed by atoms with E-state index in [2.05, 4.69) is 4.98 Å². The molecule has 4 heteroatoms. The first-order valence-corrected chi connectivity index (χ1v) is 8.41. The fourth-order valence-electron chi connectivity index (χ4n) is 3.62. The zero-order chi connectivity index (χ0) is 13.7. The monoisotopic (exact) mass is 287 g/mol.